The Balaban J connectivity index is 0.00000256. The van der Waals surface area contributed by atoms with Gasteiger partial charge in [0.25, 0.3) is 0 Å². The molecule has 1 heterocycles. The van der Waals surface area contributed by atoms with Gasteiger partial charge in [0.05, 0.1) is 12.4 Å². The van der Waals surface area contributed by atoms with Crippen molar-refractivity contribution < 1.29 is 13.2 Å². The first-order chi connectivity index (χ1) is 7.55. The first-order valence-electron chi connectivity index (χ1n) is 5.86. The van der Waals surface area contributed by atoms with E-state index in [0.717, 1.165) is 19.4 Å². The molecular formula is C10H23ClN2O3S. The molecule has 104 valence electrons. The minimum atomic E-state index is -3.20. The number of hydrogen-bond acceptors (Lipinski definition) is 4. The van der Waals surface area contributed by atoms with E-state index in [4.69, 9.17) is 4.74 Å². The maximum absolute atomic E-state index is 11.7. The maximum atomic E-state index is 11.7. The van der Waals surface area contributed by atoms with E-state index in [1.165, 1.54) is 0 Å². The highest BCUT2D eigenvalue weighted by molar-refractivity contribution is 7.89. The van der Waals surface area contributed by atoms with Gasteiger partial charge in [0.2, 0.25) is 10.0 Å². The zero-order chi connectivity index (χ0) is 12.0. The number of piperidine rings is 1. The van der Waals surface area contributed by atoms with Gasteiger partial charge in [0.15, 0.2) is 0 Å². The van der Waals surface area contributed by atoms with Crippen molar-refractivity contribution in [1.29, 1.82) is 0 Å². The van der Waals surface area contributed by atoms with Gasteiger partial charge in [-0.2, -0.15) is 0 Å². The third kappa shape index (κ3) is 6.57. The highest BCUT2D eigenvalue weighted by atomic mass is 35.5. The molecule has 1 aliphatic heterocycles. The summed E-state index contributed by atoms with van der Waals surface area (Å²) in [6.07, 6.45) is 1.92. The molecule has 17 heavy (non-hydrogen) atoms. The van der Waals surface area contributed by atoms with Gasteiger partial charge in [-0.15, -0.1) is 12.4 Å². The maximum Gasteiger partial charge on any atom is 0.214 e. The topological polar surface area (TPSA) is 67.4 Å². The van der Waals surface area contributed by atoms with Crippen molar-refractivity contribution in [3.05, 3.63) is 0 Å². The normalized spacial score (nSPS) is 25.3. The van der Waals surface area contributed by atoms with Gasteiger partial charge in [-0.3, -0.25) is 0 Å². The zero-order valence-corrected chi connectivity index (χ0v) is 12.1. The molecule has 2 atom stereocenters. The Morgan fingerprint density at radius 1 is 1.47 bits per heavy atom. The number of rotatable bonds is 6. The van der Waals surface area contributed by atoms with Crippen LogP contribution < -0.4 is 10.0 Å². The van der Waals surface area contributed by atoms with Crippen molar-refractivity contribution >= 4 is 22.4 Å². The molecule has 0 bridgehead atoms. The fourth-order valence-corrected chi connectivity index (χ4v) is 3.05. The molecule has 0 aromatic rings. The average Bonchev–Trinajstić information content (AvgIpc) is 2.21. The highest BCUT2D eigenvalue weighted by Gasteiger charge is 2.25. The molecule has 1 rings (SSSR count). The van der Waals surface area contributed by atoms with E-state index in [0.29, 0.717) is 6.61 Å². The first-order valence-corrected chi connectivity index (χ1v) is 7.51. The second-order valence-electron chi connectivity index (χ2n) is 4.13. The highest BCUT2D eigenvalue weighted by Crippen LogP contribution is 2.09. The summed E-state index contributed by atoms with van der Waals surface area (Å²) in [4.78, 5) is 0. The van der Waals surface area contributed by atoms with E-state index >= 15 is 0 Å². The standard InChI is InChI=1S/C10H22N2O3S.ClH/c1-3-15-7-8-16(13,14)12-10-5-4-6-11-9(10)2;/h9-12H,3-8H2,1-2H3;1H. The first kappa shape index (κ1) is 17.1. The quantitative estimate of drug-likeness (QED) is 0.698. The van der Waals surface area contributed by atoms with Crippen LogP contribution in [-0.2, 0) is 14.8 Å². The van der Waals surface area contributed by atoms with E-state index in [1.807, 2.05) is 13.8 Å². The van der Waals surface area contributed by atoms with Crippen molar-refractivity contribution in [2.24, 2.45) is 0 Å². The van der Waals surface area contributed by atoms with Crippen LogP contribution in [0.5, 0.6) is 0 Å². The average molecular weight is 287 g/mol. The Labute approximate surface area is 110 Å². The predicted molar refractivity (Wildman–Crippen MR) is 71.2 cm³/mol. The van der Waals surface area contributed by atoms with Crippen LogP contribution in [0.15, 0.2) is 0 Å². The molecule has 2 unspecified atom stereocenters. The van der Waals surface area contributed by atoms with Gasteiger partial charge in [-0.1, -0.05) is 0 Å². The SMILES string of the molecule is CCOCCS(=O)(=O)NC1CCCNC1C.Cl. The van der Waals surface area contributed by atoms with Gasteiger partial charge in [-0.05, 0) is 33.2 Å². The number of sulfonamides is 1. The summed E-state index contributed by atoms with van der Waals surface area (Å²) in [7, 11) is -3.20. The summed E-state index contributed by atoms with van der Waals surface area (Å²) in [5.74, 6) is 0.0457. The molecule has 5 nitrogen and oxygen atoms in total. The summed E-state index contributed by atoms with van der Waals surface area (Å²) >= 11 is 0. The lowest BCUT2D eigenvalue weighted by atomic mass is 10.0. The fraction of sp³-hybridized carbons (Fsp3) is 1.00. The lowest BCUT2D eigenvalue weighted by molar-refractivity contribution is 0.163. The van der Waals surface area contributed by atoms with E-state index in [1.54, 1.807) is 0 Å². The number of hydrogen-bond donors (Lipinski definition) is 2. The smallest absolute Gasteiger partial charge is 0.214 e. The van der Waals surface area contributed by atoms with Gasteiger partial charge in [0, 0.05) is 18.7 Å². The van der Waals surface area contributed by atoms with Gasteiger partial charge >= 0.3 is 0 Å². The van der Waals surface area contributed by atoms with Crippen LogP contribution in [0.2, 0.25) is 0 Å². The number of nitrogens with one attached hydrogen (secondary N) is 2. The Hall–Kier alpha value is 0.120. The van der Waals surface area contributed by atoms with Crippen molar-refractivity contribution in [3.63, 3.8) is 0 Å². The molecule has 0 aliphatic carbocycles. The summed E-state index contributed by atoms with van der Waals surface area (Å²) in [6.45, 7) is 5.65. The van der Waals surface area contributed by atoms with Gasteiger partial charge < -0.3 is 10.1 Å². The Morgan fingerprint density at radius 3 is 2.76 bits per heavy atom. The summed E-state index contributed by atoms with van der Waals surface area (Å²) in [5, 5.41) is 3.26. The van der Waals surface area contributed by atoms with Crippen molar-refractivity contribution in [1.82, 2.24) is 10.0 Å². The fourth-order valence-electron chi connectivity index (χ4n) is 1.81. The van der Waals surface area contributed by atoms with E-state index in [9.17, 15) is 8.42 Å². The largest absolute Gasteiger partial charge is 0.381 e. The third-order valence-corrected chi connectivity index (χ3v) is 4.16. The molecule has 1 fully saturated rings. The summed E-state index contributed by atoms with van der Waals surface area (Å²) in [6, 6.07) is 0.219. The lowest BCUT2D eigenvalue weighted by Gasteiger charge is -2.30. The second kappa shape index (κ2) is 8.26. The Kier molecular flexibility index (Phi) is 8.32. The molecule has 1 saturated heterocycles. The molecule has 0 aromatic heterocycles. The number of ether oxygens (including phenoxy) is 1. The van der Waals surface area contributed by atoms with Crippen LogP contribution >= 0.6 is 12.4 Å². The monoisotopic (exact) mass is 286 g/mol. The van der Waals surface area contributed by atoms with Crippen LogP contribution in [0, 0.1) is 0 Å². The molecule has 0 aromatic carbocycles. The Bertz CT molecular complexity index is 298. The van der Waals surface area contributed by atoms with Gasteiger partial charge in [-0.25, -0.2) is 13.1 Å². The molecule has 0 amide bonds. The molecule has 2 N–H and O–H groups in total. The third-order valence-electron chi connectivity index (χ3n) is 2.79. The summed E-state index contributed by atoms with van der Waals surface area (Å²) < 4.78 is 31.2. The molecule has 7 heteroatoms. The minimum absolute atomic E-state index is 0. The molecular weight excluding hydrogens is 264 g/mol. The molecule has 1 aliphatic rings. The molecule has 0 saturated carbocycles. The van der Waals surface area contributed by atoms with Crippen LogP contribution in [0.25, 0.3) is 0 Å². The predicted octanol–water partition coefficient (Wildman–Crippen LogP) is 0.505. The van der Waals surface area contributed by atoms with Crippen LogP contribution in [-0.4, -0.2) is 46.0 Å². The zero-order valence-electron chi connectivity index (χ0n) is 10.4. The number of halogens is 1. The van der Waals surface area contributed by atoms with Crippen molar-refractivity contribution in [2.75, 3.05) is 25.5 Å². The lowest BCUT2D eigenvalue weighted by Crippen LogP contribution is -2.52. The van der Waals surface area contributed by atoms with Crippen molar-refractivity contribution in [2.45, 2.75) is 38.8 Å². The van der Waals surface area contributed by atoms with E-state index < -0.39 is 10.0 Å². The molecule has 0 radical (unpaired) electrons. The van der Waals surface area contributed by atoms with E-state index in [2.05, 4.69) is 10.0 Å². The molecule has 0 spiro atoms. The van der Waals surface area contributed by atoms with Crippen LogP contribution in [0.1, 0.15) is 26.7 Å². The second-order valence-corrected chi connectivity index (χ2v) is 6.00. The van der Waals surface area contributed by atoms with Crippen molar-refractivity contribution in [3.8, 4) is 0 Å². The van der Waals surface area contributed by atoms with Crippen LogP contribution in [0.4, 0.5) is 0 Å². The minimum Gasteiger partial charge on any atom is -0.381 e. The van der Waals surface area contributed by atoms with Crippen LogP contribution in [0.3, 0.4) is 0 Å². The van der Waals surface area contributed by atoms with Gasteiger partial charge in [0.1, 0.15) is 0 Å². The Morgan fingerprint density at radius 2 is 2.18 bits per heavy atom. The summed E-state index contributed by atoms with van der Waals surface area (Å²) in [5.41, 5.74) is 0. The van der Waals surface area contributed by atoms with E-state index in [-0.39, 0.29) is 36.9 Å².